The molecule has 0 aliphatic heterocycles. The third-order valence-electron chi connectivity index (χ3n) is 3.99. The highest BCUT2D eigenvalue weighted by Gasteiger charge is 2.33. The summed E-state index contributed by atoms with van der Waals surface area (Å²) in [4.78, 5) is 4.55. The molecule has 0 aromatic carbocycles. The molecule has 1 rings (SSSR count). The highest BCUT2D eigenvalue weighted by atomic mass is 16.5. The maximum atomic E-state index is 5.63. The van der Waals surface area contributed by atoms with Crippen molar-refractivity contribution in [3.05, 3.63) is 11.7 Å². The molecular formula is C15H29N3O2. The fourth-order valence-corrected chi connectivity index (χ4v) is 2.55. The molecule has 0 fully saturated rings. The van der Waals surface area contributed by atoms with Gasteiger partial charge in [0.15, 0.2) is 0 Å². The lowest BCUT2D eigenvalue weighted by Crippen LogP contribution is -2.30. The maximum absolute atomic E-state index is 5.63. The molecule has 0 amide bonds. The minimum absolute atomic E-state index is 0.364. The second-order valence-corrected chi connectivity index (χ2v) is 5.74. The Hall–Kier alpha value is -0.940. The van der Waals surface area contributed by atoms with E-state index in [4.69, 9.17) is 9.26 Å². The molecule has 1 aromatic heterocycles. The second kappa shape index (κ2) is 7.74. The van der Waals surface area contributed by atoms with Gasteiger partial charge < -0.3 is 14.6 Å². The largest absolute Gasteiger partial charge is 0.370 e. The van der Waals surface area contributed by atoms with Crippen molar-refractivity contribution in [2.75, 3.05) is 14.2 Å². The summed E-state index contributed by atoms with van der Waals surface area (Å²) < 4.78 is 11.0. The molecule has 5 nitrogen and oxygen atoms in total. The van der Waals surface area contributed by atoms with Crippen LogP contribution in [0, 0.1) is 5.92 Å². The molecule has 0 aliphatic rings. The topological polar surface area (TPSA) is 60.2 Å². The van der Waals surface area contributed by atoms with Crippen LogP contribution in [0.2, 0.25) is 0 Å². The van der Waals surface area contributed by atoms with E-state index in [1.807, 2.05) is 7.05 Å². The van der Waals surface area contributed by atoms with Gasteiger partial charge in [-0.1, -0.05) is 32.9 Å². The molecule has 0 saturated carbocycles. The van der Waals surface area contributed by atoms with Crippen molar-refractivity contribution in [2.45, 2.75) is 65.0 Å². The molecule has 1 atom stereocenters. The zero-order valence-corrected chi connectivity index (χ0v) is 13.7. The highest BCUT2D eigenvalue weighted by Crippen LogP contribution is 2.30. The first-order chi connectivity index (χ1) is 9.51. The normalized spacial score (nSPS) is 13.9. The number of hydrogen-bond acceptors (Lipinski definition) is 5. The molecule has 1 aromatic rings. The van der Waals surface area contributed by atoms with Crippen molar-refractivity contribution >= 4 is 0 Å². The predicted octanol–water partition coefficient (Wildman–Crippen LogP) is 2.91. The number of nitrogens with zero attached hydrogens (tertiary/aromatic N) is 2. The van der Waals surface area contributed by atoms with Gasteiger partial charge in [0.25, 0.3) is 0 Å². The third-order valence-corrected chi connectivity index (χ3v) is 3.99. The predicted molar refractivity (Wildman–Crippen MR) is 79.6 cm³/mol. The van der Waals surface area contributed by atoms with E-state index in [2.05, 4.69) is 43.2 Å². The van der Waals surface area contributed by atoms with Crippen LogP contribution in [0.25, 0.3) is 0 Å². The quantitative estimate of drug-likeness (QED) is 0.755. The molecule has 0 spiro atoms. The molecular weight excluding hydrogens is 254 g/mol. The van der Waals surface area contributed by atoms with Gasteiger partial charge in [0.2, 0.25) is 11.7 Å². The molecule has 1 heterocycles. The summed E-state index contributed by atoms with van der Waals surface area (Å²) in [7, 11) is 3.68. The lowest BCUT2D eigenvalue weighted by atomic mass is 9.96. The SMILES string of the molecule is CCC(CC)(OC)c1noc(CC(CC(C)C)NC)n1. The van der Waals surface area contributed by atoms with E-state index in [1.54, 1.807) is 7.11 Å². The second-order valence-electron chi connectivity index (χ2n) is 5.74. The maximum Gasteiger partial charge on any atom is 0.228 e. The van der Waals surface area contributed by atoms with Gasteiger partial charge in [-0.3, -0.25) is 0 Å². The average Bonchev–Trinajstić information content (AvgIpc) is 2.89. The Balaban J connectivity index is 2.80. The van der Waals surface area contributed by atoms with Crippen LogP contribution < -0.4 is 5.32 Å². The van der Waals surface area contributed by atoms with Crippen LogP contribution in [0.3, 0.4) is 0 Å². The van der Waals surface area contributed by atoms with Gasteiger partial charge in [0.05, 0.1) is 0 Å². The van der Waals surface area contributed by atoms with Crippen molar-refractivity contribution in [1.82, 2.24) is 15.5 Å². The molecule has 0 radical (unpaired) electrons. The van der Waals surface area contributed by atoms with E-state index in [1.165, 1.54) is 0 Å². The Bertz CT molecular complexity index is 378. The van der Waals surface area contributed by atoms with E-state index in [0.717, 1.165) is 25.7 Å². The third kappa shape index (κ3) is 4.03. The monoisotopic (exact) mass is 283 g/mol. The summed E-state index contributed by atoms with van der Waals surface area (Å²) in [5, 5.41) is 7.44. The Morgan fingerprint density at radius 1 is 1.30 bits per heavy atom. The van der Waals surface area contributed by atoms with Gasteiger partial charge in [-0.2, -0.15) is 4.98 Å². The van der Waals surface area contributed by atoms with Crippen LogP contribution in [0.5, 0.6) is 0 Å². The van der Waals surface area contributed by atoms with Crippen molar-refractivity contribution < 1.29 is 9.26 Å². The highest BCUT2D eigenvalue weighted by molar-refractivity contribution is 5.01. The number of hydrogen-bond donors (Lipinski definition) is 1. The van der Waals surface area contributed by atoms with E-state index in [0.29, 0.717) is 23.7 Å². The van der Waals surface area contributed by atoms with E-state index < -0.39 is 5.60 Å². The average molecular weight is 283 g/mol. The van der Waals surface area contributed by atoms with Gasteiger partial charge in [-0.05, 0) is 32.2 Å². The number of likely N-dealkylation sites (N-methyl/N-ethyl adjacent to an activating group) is 1. The number of nitrogens with one attached hydrogen (secondary N) is 1. The van der Waals surface area contributed by atoms with Crippen LogP contribution in [-0.4, -0.2) is 30.3 Å². The van der Waals surface area contributed by atoms with Crippen LogP contribution in [0.4, 0.5) is 0 Å². The number of rotatable bonds is 9. The number of methoxy groups -OCH3 is 1. The summed E-state index contributed by atoms with van der Waals surface area (Å²) in [5.74, 6) is 1.99. The van der Waals surface area contributed by atoms with Crippen molar-refractivity contribution in [2.24, 2.45) is 5.92 Å². The first-order valence-electron chi connectivity index (χ1n) is 7.56. The molecule has 0 bridgehead atoms. The molecule has 0 aliphatic carbocycles. The van der Waals surface area contributed by atoms with Crippen molar-refractivity contribution in [1.29, 1.82) is 0 Å². The van der Waals surface area contributed by atoms with E-state index >= 15 is 0 Å². The lowest BCUT2D eigenvalue weighted by Gasteiger charge is -2.25. The molecule has 116 valence electrons. The Morgan fingerprint density at radius 3 is 2.40 bits per heavy atom. The molecule has 0 saturated heterocycles. The number of aromatic nitrogens is 2. The summed E-state index contributed by atoms with van der Waals surface area (Å²) in [6, 6.07) is 0.364. The fraction of sp³-hybridized carbons (Fsp3) is 0.867. The minimum atomic E-state index is -0.422. The zero-order chi connectivity index (χ0) is 15.2. The minimum Gasteiger partial charge on any atom is -0.370 e. The Morgan fingerprint density at radius 2 is 1.95 bits per heavy atom. The summed E-state index contributed by atoms with van der Waals surface area (Å²) in [6.45, 7) is 8.60. The molecule has 1 N–H and O–H groups in total. The first kappa shape index (κ1) is 17.1. The van der Waals surface area contributed by atoms with Gasteiger partial charge >= 0.3 is 0 Å². The van der Waals surface area contributed by atoms with Crippen molar-refractivity contribution in [3.8, 4) is 0 Å². The van der Waals surface area contributed by atoms with Gasteiger partial charge in [-0.25, -0.2) is 0 Å². The summed E-state index contributed by atoms with van der Waals surface area (Å²) in [5.41, 5.74) is -0.422. The molecule has 5 heteroatoms. The molecule has 1 unspecified atom stereocenters. The van der Waals surface area contributed by atoms with E-state index in [-0.39, 0.29) is 0 Å². The van der Waals surface area contributed by atoms with Gasteiger partial charge in [0.1, 0.15) is 5.60 Å². The van der Waals surface area contributed by atoms with Crippen LogP contribution in [0.1, 0.15) is 58.7 Å². The molecule has 20 heavy (non-hydrogen) atoms. The van der Waals surface area contributed by atoms with Crippen molar-refractivity contribution in [3.63, 3.8) is 0 Å². The van der Waals surface area contributed by atoms with Crippen LogP contribution >= 0.6 is 0 Å². The van der Waals surface area contributed by atoms with Gasteiger partial charge in [0, 0.05) is 19.6 Å². The summed E-state index contributed by atoms with van der Waals surface area (Å²) in [6.07, 6.45) is 3.51. The van der Waals surface area contributed by atoms with Gasteiger partial charge in [-0.15, -0.1) is 0 Å². The smallest absolute Gasteiger partial charge is 0.228 e. The summed E-state index contributed by atoms with van der Waals surface area (Å²) >= 11 is 0. The lowest BCUT2D eigenvalue weighted by molar-refractivity contribution is -0.0306. The van der Waals surface area contributed by atoms with E-state index in [9.17, 15) is 0 Å². The van der Waals surface area contributed by atoms with Crippen LogP contribution in [-0.2, 0) is 16.8 Å². The number of ether oxygens (including phenoxy) is 1. The zero-order valence-electron chi connectivity index (χ0n) is 13.7. The fourth-order valence-electron chi connectivity index (χ4n) is 2.55. The standard InChI is InChI=1S/C15H29N3O2/c1-7-15(8-2,19-6)14-17-13(20-18-14)10-12(16-5)9-11(3)4/h11-12,16H,7-10H2,1-6H3. The Labute approximate surface area is 122 Å². The first-order valence-corrected chi connectivity index (χ1v) is 7.56. The van der Waals surface area contributed by atoms with Crippen LogP contribution in [0.15, 0.2) is 4.52 Å². The Kier molecular flexibility index (Phi) is 6.62.